The van der Waals surface area contributed by atoms with Gasteiger partial charge in [-0.1, -0.05) is 19.8 Å². The average Bonchev–Trinajstić information content (AvgIpc) is 3.03. The Kier molecular flexibility index (Phi) is 7.94. The van der Waals surface area contributed by atoms with Crippen LogP contribution in [0.25, 0.3) is 0 Å². The predicted octanol–water partition coefficient (Wildman–Crippen LogP) is 3.70. The van der Waals surface area contributed by atoms with Crippen LogP contribution in [0.1, 0.15) is 49.4 Å². The van der Waals surface area contributed by atoms with Crippen molar-refractivity contribution in [3.05, 3.63) is 16.1 Å². The van der Waals surface area contributed by atoms with E-state index < -0.39 is 0 Å². The molecule has 1 saturated carbocycles. The third-order valence-electron chi connectivity index (χ3n) is 3.88. The summed E-state index contributed by atoms with van der Waals surface area (Å²) in [5.74, 6) is 0.911. The van der Waals surface area contributed by atoms with Crippen molar-refractivity contribution in [2.75, 3.05) is 13.1 Å². The molecule has 0 radical (unpaired) electrons. The monoisotopic (exact) mass is 422 g/mol. The number of hydrogen-bond acceptors (Lipinski definition) is 3. The molecule has 1 aromatic heterocycles. The summed E-state index contributed by atoms with van der Waals surface area (Å²) in [5.41, 5.74) is 0.438. The van der Waals surface area contributed by atoms with E-state index in [0.717, 1.165) is 24.1 Å². The lowest BCUT2D eigenvalue weighted by atomic mass is 9.89. The zero-order valence-corrected chi connectivity index (χ0v) is 16.4. The first kappa shape index (κ1) is 18.7. The van der Waals surface area contributed by atoms with E-state index in [1.165, 1.54) is 30.6 Å². The standard InChI is InChI=1S/C15H26N4S.HI/c1-4-16-14(18-10-13-17-9-12(2)20-13)19-11-15(3)7-5-6-8-15;/h9H,4-8,10-11H2,1-3H3,(H2,16,18,19);1H. The SMILES string of the molecule is CCNC(=NCc1ncc(C)s1)NCC1(C)CCCC1.I. The molecule has 2 N–H and O–H groups in total. The van der Waals surface area contributed by atoms with Crippen LogP contribution in [0.3, 0.4) is 0 Å². The van der Waals surface area contributed by atoms with Gasteiger partial charge in [-0.2, -0.15) is 0 Å². The molecule has 4 nitrogen and oxygen atoms in total. The van der Waals surface area contributed by atoms with Crippen molar-refractivity contribution in [3.8, 4) is 0 Å². The maximum Gasteiger partial charge on any atom is 0.191 e. The zero-order valence-electron chi connectivity index (χ0n) is 13.2. The van der Waals surface area contributed by atoms with Crippen molar-refractivity contribution < 1.29 is 0 Å². The van der Waals surface area contributed by atoms with E-state index in [1.807, 2.05) is 6.20 Å². The molecule has 0 atom stereocenters. The number of aliphatic imine (C=N–C) groups is 1. The molecule has 120 valence electrons. The van der Waals surface area contributed by atoms with Gasteiger partial charge < -0.3 is 10.6 Å². The molecule has 1 heterocycles. The number of aryl methyl sites for hydroxylation is 1. The molecule has 1 aliphatic rings. The minimum atomic E-state index is 0. The Labute approximate surface area is 149 Å². The van der Waals surface area contributed by atoms with Crippen LogP contribution < -0.4 is 10.6 Å². The van der Waals surface area contributed by atoms with E-state index in [4.69, 9.17) is 0 Å². The van der Waals surface area contributed by atoms with Crippen LogP contribution in [0.4, 0.5) is 0 Å². The number of hydrogen-bond donors (Lipinski definition) is 2. The molecular weight excluding hydrogens is 395 g/mol. The fraction of sp³-hybridized carbons (Fsp3) is 0.733. The topological polar surface area (TPSA) is 49.3 Å². The minimum absolute atomic E-state index is 0. The van der Waals surface area contributed by atoms with Gasteiger partial charge in [-0.3, -0.25) is 0 Å². The summed E-state index contributed by atoms with van der Waals surface area (Å²) in [4.78, 5) is 10.2. The fourth-order valence-electron chi connectivity index (χ4n) is 2.67. The Balaban J connectivity index is 0.00000220. The largest absolute Gasteiger partial charge is 0.357 e. The lowest BCUT2D eigenvalue weighted by Gasteiger charge is -2.25. The van der Waals surface area contributed by atoms with E-state index in [9.17, 15) is 0 Å². The van der Waals surface area contributed by atoms with Crippen molar-refractivity contribution in [1.29, 1.82) is 0 Å². The van der Waals surface area contributed by atoms with Gasteiger partial charge in [0.05, 0.1) is 6.54 Å². The van der Waals surface area contributed by atoms with Gasteiger partial charge >= 0.3 is 0 Å². The maximum absolute atomic E-state index is 4.63. The smallest absolute Gasteiger partial charge is 0.191 e. The van der Waals surface area contributed by atoms with E-state index in [0.29, 0.717) is 12.0 Å². The second kappa shape index (κ2) is 8.92. The Morgan fingerprint density at radius 3 is 2.67 bits per heavy atom. The van der Waals surface area contributed by atoms with Crippen molar-refractivity contribution in [1.82, 2.24) is 15.6 Å². The highest BCUT2D eigenvalue weighted by Crippen LogP contribution is 2.36. The van der Waals surface area contributed by atoms with Gasteiger partial charge in [-0.25, -0.2) is 9.98 Å². The number of nitrogens with zero attached hydrogens (tertiary/aromatic N) is 2. The molecule has 0 aliphatic heterocycles. The first-order valence-electron chi connectivity index (χ1n) is 7.55. The fourth-order valence-corrected chi connectivity index (χ4v) is 3.38. The van der Waals surface area contributed by atoms with Gasteiger partial charge in [-0.05, 0) is 32.1 Å². The van der Waals surface area contributed by atoms with Gasteiger partial charge in [0.2, 0.25) is 0 Å². The molecule has 0 spiro atoms. The summed E-state index contributed by atoms with van der Waals surface area (Å²) >= 11 is 1.72. The van der Waals surface area contributed by atoms with Crippen molar-refractivity contribution in [2.24, 2.45) is 10.4 Å². The van der Waals surface area contributed by atoms with E-state index >= 15 is 0 Å². The van der Waals surface area contributed by atoms with Crippen molar-refractivity contribution >= 4 is 41.3 Å². The number of rotatable bonds is 5. The second-order valence-corrected chi connectivity index (χ2v) is 7.25. The maximum atomic E-state index is 4.63. The molecule has 1 aliphatic carbocycles. The molecule has 0 unspecified atom stereocenters. The molecular formula is C15H27IN4S. The van der Waals surface area contributed by atoms with Gasteiger partial charge in [0.25, 0.3) is 0 Å². The van der Waals surface area contributed by atoms with E-state index in [2.05, 4.69) is 41.4 Å². The highest BCUT2D eigenvalue weighted by molar-refractivity contribution is 14.0. The van der Waals surface area contributed by atoms with Crippen molar-refractivity contribution in [3.63, 3.8) is 0 Å². The molecule has 0 saturated heterocycles. The molecule has 6 heteroatoms. The van der Waals surface area contributed by atoms with Crippen LogP contribution in [0.5, 0.6) is 0 Å². The van der Waals surface area contributed by atoms with Crippen LogP contribution in [-0.4, -0.2) is 24.0 Å². The highest BCUT2D eigenvalue weighted by Gasteiger charge is 2.28. The summed E-state index contributed by atoms with van der Waals surface area (Å²) in [6, 6.07) is 0. The Morgan fingerprint density at radius 1 is 1.38 bits per heavy atom. The summed E-state index contributed by atoms with van der Waals surface area (Å²) in [6.45, 7) is 9.11. The molecule has 1 aromatic rings. The highest BCUT2D eigenvalue weighted by atomic mass is 127. The van der Waals surface area contributed by atoms with Gasteiger partial charge in [0, 0.05) is 24.2 Å². The minimum Gasteiger partial charge on any atom is -0.357 e. The molecule has 21 heavy (non-hydrogen) atoms. The first-order valence-corrected chi connectivity index (χ1v) is 8.36. The van der Waals surface area contributed by atoms with Crippen LogP contribution in [-0.2, 0) is 6.54 Å². The lowest BCUT2D eigenvalue weighted by molar-refractivity contribution is 0.334. The number of aromatic nitrogens is 1. The third kappa shape index (κ3) is 6.10. The molecule has 1 fully saturated rings. The summed E-state index contributed by atoms with van der Waals surface area (Å²) in [7, 11) is 0. The van der Waals surface area contributed by atoms with Gasteiger partial charge in [-0.15, -0.1) is 35.3 Å². The van der Waals surface area contributed by atoms with Crippen molar-refractivity contribution in [2.45, 2.75) is 53.0 Å². The van der Waals surface area contributed by atoms with Crippen LogP contribution in [0, 0.1) is 12.3 Å². The molecule has 0 bridgehead atoms. The van der Waals surface area contributed by atoms with E-state index in [1.54, 1.807) is 11.3 Å². The third-order valence-corrected chi connectivity index (χ3v) is 4.78. The number of guanidine groups is 1. The number of nitrogens with one attached hydrogen (secondary N) is 2. The van der Waals surface area contributed by atoms with Gasteiger partial charge in [0.15, 0.2) is 5.96 Å². The number of thiazole rings is 1. The second-order valence-electron chi connectivity index (χ2n) is 5.93. The summed E-state index contributed by atoms with van der Waals surface area (Å²) < 4.78 is 0. The van der Waals surface area contributed by atoms with E-state index in [-0.39, 0.29) is 24.0 Å². The Hall–Kier alpha value is -0.370. The zero-order chi connectivity index (χ0) is 14.4. The van der Waals surface area contributed by atoms with Crippen LogP contribution >= 0.6 is 35.3 Å². The lowest BCUT2D eigenvalue weighted by Crippen LogP contribution is -2.42. The average molecular weight is 422 g/mol. The Bertz CT molecular complexity index is 452. The normalized spacial score (nSPS) is 17.4. The van der Waals surface area contributed by atoms with Gasteiger partial charge in [0.1, 0.15) is 5.01 Å². The summed E-state index contributed by atoms with van der Waals surface area (Å²) in [6.07, 6.45) is 7.29. The number of halogens is 1. The van der Waals surface area contributed by atoms with Crippen LogP contribution in [0.15, 0.2) is 11.2 Å². The molecule has 0 aromatic carbocycles. The quantitative estimate of drug-likeness (QED) is 0.432. The first-order chi connectivity index (χ1) is 9.61. The molecule has 0 amide bonds. The van der Waals surface area contributed by atoms with Crippen LogP contribution in [0.2, 0.25) is 0 Å². The summed E-state index contributed by atoms with van der Waals surface area (Å²) in [5, 5.41) is 7.89. The Morgan fingerprint density at radius 2 is 2.10 bits per heavy atom. The predicted molar refractivity (Wildman–Crippen MR) is 102 cm³/mol. The molecule has 2 rings (SSSR count).